The molecule has 0 spiro atoms. The van der Waals surface area contributed by atoms with Crippen LogP contribution in [0.2, 0.25) is 0 Å². The van der Waals surface area contributed by atoms with Crippen LogP contribution in [0.1, 0.15) is 50.0 Å². The smallest absolute Gasteiger partial charge is 0.179 e. The molecule has 2 aliphatic rings. The second kappa shape index (κ2) is 10.5. The number of carbonyl (C=O) groups excluding carboxylic acids is 1. The number of likely N-dealkylation sites (tertiary alicyclic amines) is 1. The highest BCUT2D eigenvalue weighted by molar-refractivity contribution is 6.00. The molecule has 0 aliphatic carbocycles. The largest absolute Gasteiger partial charge is 0.493 e. The van der Waals surface area contributed by atoms with Gasteiger partial charge in [0.15, 0.2) is 5.78 Å². The van der Waals surface area contributed by atoms with E-state index in [0.29, 0.717) is 24.9 Å². The quantitative estimate of drug-likeness (QED) is 0.467. The summed E-state index contributed by atoms with van der Waals surface area (Å²) >= 11 is 0. The lowest BCUT2D eigenvalue weighted by molar-refractivity contribution is 0.0918. The topological polar surface area (TPSA) is 48.6 Å². The number of Topliss-reactive ketones (excluding diaryl/α,β-unsaturated/α-hetero) is 1. The number of ketones is 1. The summed E-state index contributed by atoms with van der Waals surface area (Å²) in [6.45, 7) is 11.8. The van der Waals surface area contributed by atoms with Crippen molar-refractivity contribution in [3.05, 3.63) is 42.1 Å². The van der Waals surface area contributed by atoms with Gasteiger partial charge in [-0.1, -0.05) is 32.1 Å². The summed E-state index contributed by atoms with van der Waals surface area (Å²) in [5.74, 6) is 2.05. The molecule has 2 aromatic rings. The molecule has 5 nitrogen and oxygen atoms in total. The number of hydrogen-bond acceptors (Lipinski definition) is 4. The van der Waals surface area contributed by atoms with Crippen molar-refractivity contribution in [2.75, 3.05) is 45.9 Å². The first-order valence-corrected chi connectivity index (χ1v) is 12.0. The van der Waals surface area contributed by atoms with Gasteiger partial charge in [-0.15, -0.1) is 0 Å². The lowest BCUT2D eigenvalue weighted by Crippen LogP contribution is -2.40. The van der Waals surface area contributed by atoms with E-state index in [1.807, 2.05) is 24.3 Å². The molecule has 0 atom stereocenters. The van der Waals surface area contributed by atoms with Crippen molar-refractivity contribution >= 4 is 16.7 Å². The predicted molar refractivity (Wildman–Crippen MR) is 127 cm³/mol. The van der Waals surface area contributed by atoms with Crippen LogP contribution in [-0.4, -0.2) is 66.4 Å². The predicted octanol–water partition coefficient (Wildman–Crippen LogP) is 4.75. The van der Waals surface area contributed by atoms with E-state index in [-0.39, 0.29) is 5.78 Å². The van der Waals surface area contributed by atoms with Crippen LogP contribution in [-0.2, 0) is 0 Å². The van der Waals surface area contributed by atoms with Crippen LogP contribution in [0.3, 0.4) is 0 Å². The molecule has 1 aromatic heterocycles. The SMILES string of the molecule is CC(C)COc1cccc2[nH]c(C(=O)CC3CCN(CCN4CC=CCC4)CC3)cc12. The van der Waals surface area contributed by atoms with E-state index in [4.69, 9.17) is 4.74 Å². The summed E-state index contributed by atoms with van der Waals surface area (Å²) in [5, 5.41) is 1.01. The zero-order chi connectivity index (χ0) is 21.6. The fraction of sp³-hybridized carbons (Fsp3) is 0.577. The molecule has 168 valence electrons. The van der Waals surface area contributed by atoms with Crippen molar-refractivity contribution in [1.29, 1.82) is 0 Å². The number of aromatic amines is 1. The Balaban J connectivity index is 1.27. The van der Waals surface area contributed by atoms with Gasteiger partial charge < -0.3 is 14.6 Å². The number of aromatic nitrogens is 1. The van der Waals surface area contributed by atoms with Crippen molar-refractivity contribution in [2.45, 2.75) is 39.5 Å². The highest BCUT2D eigenvalue weighted by Gasteiger charge is 2.23. The summed E-state index contributed by atoms with van der Waals surface area (Å²) in [6.07, 6.45) is 8.63. The Bertz CT molecular complexity index is 893. The van der Waals surface area contributed by atoms with Gasteiger partial charge in [0.2, 0.25) is 0 Å². The fourth-order valence-electron chi connectivity index (χ4n) is 4.62. The van der Waals surface area contributed by atoms with Gasteiger partial charge in [-0.3, -0.25) is 9.69 Å². The van der Waals surface area contributed by atoms with Crippen LogP contribution in [0.25, 0.3) is 10.9 Å². The fourth-order valence-corrected chi connectivity index (χ4v) is 4.62. The number of benzene rings is 1. The summed E-state index contributed by atoms with van der Waals surface area (Å²) in [7, 11) is 0. The maximum absolute atomic E-state index is 13.0. The van der Waals surface area contributed by atoms with E-state index < -0.39 is 0 Å². The van der Waals surface area contributed by atoms with Crippen molar-refractivity contribution in [2.24, 2.45) is 11.8 Å². The van der Waals surface area contributed by atoms with Gasteiger partial charge in [-0.2, -0.15) is 0 Å². The minimum absolute atomic E-state index is 0.226. The zero-order valence-corrected chi connectivity index (χ0v) is 19.1. The number of fused-ring (bicyclic) bond motifs is 1. The number of carbonyl (C=O) groups is 1. The number of hydrogen-bond donors (Lipinski definition) is 1. The molecule has 1 fully saturated rings. The number of nitrogens with zero attached hydrogens (tertiary/aromatic N) is 2. The Morgan fingerprint density at radius 3 is 2.68 bits per heavy atom. The third kappa shape index (κ3) is 5.98. The van der Waals surface area contributed by atoms with E-state index >= 15 is 0 Å². The summed E-state index contributed by atoms with van der Waals surface area (Å²) in [6, 6.07) is 7.97. The lowest BCUT2D eigenvalue weighted by atomic mass is 9.91. The average molecular weight is 424 g/mol. The number of rotatable bonds is 9. The van der Waals surface area contributed by atoms with Gasteiger partial charge in [-0.25, -0.2) is 0 Å². The second-order valence-electron chi connectivity index (χ2n) is 9.58. The molecule has 0 radical (unpaired) electrons. The summed E-state index contributed by atoms with van der Waals surface area (Å²) < 4.78 is 5.96. The van der Waals surface area contributed by atoms with E-state index in [1.165, 1.54) is 13.0 Å². The molecule has 0 saturated carbocycles. The molecule has 5 heteroatoms. The molecule has 0 unspecified atom stereocenters. The molecule has 1 aromatic carbocycles. The van der Waals surface area contributed by atoms with Gasteiger partial charge in [-0.05, 0) is 62.4 Å². The average Bonchev–Trinajstić information content (AvgIpc) is 3.23. The van der Waals surface area contributed by atoms with Crippen molar-refractivity contribution < 1.29 is 9.53 Å². The first-order chi connectivity index (χ1) is 15.1. The van der Waals surface area contributed by atoms with Crippen LogP contribution in [0.15, 0.2) is 36.4 Å². The Morgan fingerprint density at radius 1 is 1.13 bits per heavy atom. The number of ether oxygens (including phenoxy) is 1. The minimum atomic E-state index is 0.226. The molecule has 31 heavy (non-hydrogen) atoms. The first-order valence-electron chi connectivity index (χ1n) is 12.0. The molecule has 4 rings (SSSR count). The molecule has 0 amide bonds. The van der Waals surface area contributed by atoms with Crippen LogP contribution in [0, 0.1) is 11.8 Å². The van der Waals surface area contributed by atoms with Crippen LogP contribution in [0.4, 0.5) is 0 Å². The lowest BCUT2D eigenvalue weighted by Gasteiger charge is -2.33. The normalized spacial score (nSPS) is 18.8. The molecule has 2 aliphatic heterocycles. The van der Waals surface area contributed by atoms with Gasteiger partial charge in [0, 0.05) is 43.5 Å². The van der Waals surface area contributed by atoms with Crippen LogP contribution >= 0.6 is 0 Å². The maximum Gasteiger partial charge on any atom is 0.179 e. The Kier molecular flexibility index (Phi) is 7.46. The van der Waals surface area contributed by atoms with E-state index in [9.17, 15) is 4.79 Å². The first kappa shape index (κ1) is 22.1. The number of nitrogens with one attached hydrogen (secondary N) is 1. The number of piperidine rings is 1. The molecule has 1 saturated heterocycles. The van der Waals surface area contributed by atoms with E-state index in [1.54, 1.807) is 0 Å². The van der Waals surface area contributed by atoms with Crippen LogP contribution in [0.5, 0.6) is 5.75 Å². The summed E-state index contributed by atoms with van der Waals surface area (Å²) in [4.78, 5) is 21.4. The minimum Gasteiger partial charge on any atom is -0.493 e. The second-order valence-corrected chi connectivity index (χ2v) is 9.58. The molecule has 3 heterocycles. The Hall–Kier alpha value is -2.11. The Morgan fingerprint density at radius 2 is 1.94 bits per heavy atom. The highest BCUT2D eigenvalue weighted by atomic mass is 16.5. The van der Waals surface area contributed by atoms with Gasteiger partial charge in [0.25, 0.3) is 0 Å². The highest BCUT2D eigenvalue weighted by Crippen LogP contribution is 2.29. The van der Waals surface area contributed by atoms with Crippen molar-refractivity contribution in [1.82, 2.24) is 14.8 Å². The molecular formula is C26H37N3O2. The van der Waals surface area contributed by atoms with Gasteiger partial charge in [0.05, 0.1) is 12.3 Å². The monoisotopic (exact) mass is 423 g/mol. The van der Waals surface area contributed by atoms with E-state index in [2.05, 4.69) is 40.8 Å². The summed E-state index contributed by atoms with van der Waals surface area (Å²) in [5.41, 5.74) is 1.70. The maximum atomic E-state index is 13.0. The Labute approximate surface area is 186 Å². The molecule has 0 bridgehead atoms. The standard InChI is InChI=1S/C26H37N3O2/c1-20(2)19-31-26-8-6-7-23-22(26)18-24(27-23)25(30)17-21-9-13-29(14-10-21)16-15-28-11-4-3-5-12-28/h3-4,6-8,18,20-21,27H,5,9-17,19H2,1-2H3. The van der Waals surface area contributed by atoms with Gasteiger partial charge >= 0.3 is 0 Å². The van der Waals surface area contributed by atoms with Crippen molar-refractivity contribution in [3.8, 4) is 5.75 Å². The third-order valence-corrected chi connectivity index (χ3v) is 6.55. The van der Waals surface area contributed by atoms with E-state index in [0.717, 1.165) is 67.9 Å². The van der Waals surface area contributed by atoms with Crippen molar-refractivity contribution in [3.63, 3.8) is 0 Å². The van der Waals surface area contributed by atoms with Gasteiger partial charge in [0.1, 0.15) is 5.75 Å². The third-order valence-electron chi connectivity index (χ3n) is 6.55. The van der Waals surface area contributed by atoms with Crippen LogP contribution < -0.4 is 4.74 Å². The molecule has 1 N–H and O–H groups in total. The number of H-pyrrole nitrogens is 1. The zero-order valence-electron chi connectivity index (χ0n) is 19.1. The molecular weight excluding hydrogens is 386 g/mol.